The van der Waals surface area contributed by atoms with Crippen molar-refractivity contribution < 1.29 is 34.1 Å². The molecule has 1 aromatic rings. The van der Waals surface area contributed by atoms with Gasteiger partial charge in [-0.25, -0.2) is 14.4 Å². The summed E-state index contributed by atoms with van der Waals surface area (Å²) in [5.41, 5.74) is -0.0291. The van der Waals surface area contributed by atoms with Gasteiger partial charge < -0.3 is 19.7 Å². The third-order valence-electron chi connectivity index (χ3n) is 1.99. The van der Waals surface area contributed by atoms with Crippen LogP contribution in [0, 0.1) is 0 Å². The van der Waals surface area contributed by atoms with E-state index in [1.165, 1.54) is 24.3 Å². The summed E-state index contributed by atoms with van der Waals surface area (Å²) in [5, 5.41) is 17.8. The van der Waals surface area contributed by atoms with Gasteiger partial charge in [-0.15, -0.1) is 0 Å². The summed E-state index contributed by atoms with van der Waals surface area (Å²) < 4.78 is 8.61. The van der Waals surface area contributed by atoms with Crippen molar-refractivity contribution >= 4 is 17.9 Å². The van der Waals surface area contributed by atoms with Gasteiger partial charge in [0.2, 0.25) is 0 Å². The van der Waals surface area contributed by atoms with Crippen LogP contribution in [-0.2, 0) is 14.3 Å². The topological polar surface area (TPSA) is 110 Å². The monoisotopic (exact) mass is 266 g/mol. The molecular formula is C12H10O7. The Morgan fingerprint density at radius 3 is 2.16 bits per heavy atom. The normalized spacial score (nSPS) is 11.2. The van der Waals surface area contributed by atoms with Gasteiger partial charge in [0, 0.05) is 0 Å². The van der Waals surface area contributed by atoms with Crippen molar-refractivity contribution in [1.29, 1.82) is 0 Å². The van der Waals surface area contributed by atoms with Crippen LogP contribution in [0.25, 0.3) is 0 Å². The molecule has 0 spiro atoms. The lowest BCUT2D eigenvalue weighted by Crippen LogP contribution is -2.27. The van der Waals surface area contributed by atoms with E-state index in [0.29, 0.717) is 0 Å². The Morgan fingerprint density at radius 1 is 1.16 bits per heavy atom. The zero-order chi connectivity index (χ0) is 14.4. The van der Waals surface area contributed by atoms with Crippen LogP contribution < -0.4 is 0 Å². The summed E-state index contributed by atoms with van der Waals surface area (Å²) in [7, 11) is 0. The minimum atomic E-state index is -2.08. The number of carboxylic acid groups (broad SMARTS) is 1. The molecular weight excluding hydrogens is 256 g/mol. The van der Waals surface area contributed by atoms with Gasteiger partial charge in [0.25, 0.3) is 0 Å². The molecule has 0 aliphatic heterocycles. The first kappa shape index (κ1) is 14.4. The average molecular weight is 266 g/mol. The van der Waals surface area contributed by atoms with Gasteiger partial charge in [-0.1, -0.05) is 6.58 Å². The van der Waals surface area contributed by atoms with E-state index in [2.05, 4.69) is 16.1 Å². The molecule has 1 unspecified atom stereocenters. The Balaban J connectivity index is 2.70. The third-order valence-corrected chi connectivity index (χ3v) is 1.99. The molecule has 7 heteroatoms. The van der Waals surface area contributed by atoms with Crippen LogP contribution >= 0.6 is 0 Å². The van der Waals surface area contributed by atoms with Gasteiger partial charge in [0.05, 0.1) is 17.4 Å². The second-order valence-electron chi connectivity index (χ2n) is 3.24. The van der Waals surface area contributed by atoms with Crippen LogP contribution in [0.3, 0.4) is 0 Å². The third kappa shape index (κ3) is 3.93. The molecule has 0 bridgehead atoms. The van der Waals surface area contributed by atoms with E-state index in [4.69, 9.17) is 10.2 Å². The number of hydrogen-bond acceptors (Lipinski definition) is 6. The van der Waals surface area contributed by atoms with Crippen molar-refractivity contribution in [2.45, 2.75) is 6.29 Å². The van der Waals surface area contributed by atoms with Crippen molar-refractivity contribution in [2.24, 2.45) is 0 Å². The van der Waals surface area contributed by atoms with E-state index in [-0.39, 0.29) is 11.1 Å². The number of rotatable bonds is 5. The van der Waals surface area contributed by atoms with E-state index in [1.807, 2.05) is 0 Å². The number of hydrogen-bond donors (Lipinski definition) is 2. The number of carbonyl (C=O) groups excluding carboxylic acids is 2. The van der Waals surface area contributed by atoms with Crippen molar-refractivity contribution in [3.8, 4) is 0 Å². The van der Waals surface area contributed by atoms with Crippen LogP contribution in [0.1, 0.15) is 20.7 Å². The predicted octanol–water partition coefficient (Wildman–Crippen LogP) is 0.547. The lowest BCUT2D eigenvalue weighted by Gasteiger charge is -2.09. The van der Waals surface area contributed by atoms with Gasteiger partial charge in [-0.3, -0.25) is 0 Å². The summed E-state index contributed by atoms with van der Waals surface area (Å²) in [6, 6.07) is 4.76. The quantitative estimate of drug-likeness (QED) is 0.454. The molecule has 0 aromatic heterocycles. The highest BCUT2D eigenvalue weighted by molar-refractivity contribution is 5.93. The van der Waals surface area contributed by atoms with E-state index >= 15 is 0 Å². The number of aliphatic hydroxyl groups excluding tert-OH is 1. The molecule has 0 heterocycles. The first-order valence-corrected chi connectivity index (χ1v) is 4.99. The molecule has 2 N–H and O–H groups in total. The maximum Gasteiger partial charge on any atom is 0.381 e. The van der Waals surface area contributed by atoms with E-state index < -0.39 is 24.2 Å². The summed E-state index contributed by atoms with van der Waals surface area (Å²) in [4.78, 5) is 33.0. The number of carboxylic acids is 1. The Morgan fingerprint density at radius 2 is 1.68 bits per heavy atom. The van der Waals surface area contributed by atoms with Crippen molar-refractivity contribution in [1.82, 2.24) is 0 Å². The van der Waals surface area contributed by atoms with Crippen molar-refractivity contribution in [2.75, 3.05) is 0 Å². The van der Waals surface area contributed by atoms with Gasteiger partial charge in [-0.2, -0.15) is 0 Å². The average Bonchev–Trinajstić information content (AvgIpc) is 2.38. The van der Waals surface area contributed by atoms with Gasteiger partial charge in [-0.05, 0) is 24.3 Å². The zero-order valence-corrected chi connectivity index (χ0v) is 9.61. The van der Waals surface area contributed by atoms with Gasteiger partial charge in [0.15, 0.2) is 0 Å². The first-order valence-electron chi connectivity index (χ1n) is 4.99. The zero-order valence-electron chi connectivity index (χ0n) is 9.61. The van der Waals surface area contributed by atoms with Crippen LogP contribution in [0.4, 0.5) is 0 Å². The number of aliphatic hydroxyl groups is 1. The molecule has 0 amide bonds. The maximum atomic E-state index is 11.5. The molecule has 0 saturated heterocycles. The van der Waals surface area contributed by atoms with Crippen LogP contribution in [-0.4, -0.2) is 34.4 Å². The second-order valence-corrected chi connectivity index (χ2v) is 3.24. The van der Waals surface area contributed by atoms with Crippen LogP contribution in [0.2, 0.25) is 0 Å². The SMILES string of the molecule is C=COC(=O)C(O)OC(=O)c1ccc(C(=O)O)cc1. The molecule has 0 saturated carbocycles. The summed E-state index contributed by atoms with van der Waals surface area (Å²) in [5.74, 6) is -3.33. The smallest absolute Gasteiger partial charge is 0.381 e. The predicted molar refractivity (Wildman–Crippen MR) is 61.1 cm³/mol. The second kappa shape index (κ2) is 6.31. The summed E-state index contributed by atoms with van der Waals surface area (Å²) in [6.07, 6.45) is -1.30. The molecule has 0 radical (unpaired) electrons. The van der Waals surface area contributed by atoms with Crippen molar-refractivity contribution in [3.63, 3.8) is 0 Å². The molecule has 100 valence electrons. The Bertz CT molecular complexity index is 503. The minimum absolute atomic E-state index is 0.0110. The maximum absolute atomic E-state index is 11.5. The largest absolute Gasteiger partial charge is 0.478 e. The molecule has 0 aliphatic rings. The van der Waals surface area contributed by atoms with E-state index in [9.17, 15) is 14.4 Å². The summed E-state index contributed by atoms with van der Waals surface area (Å²) in [6.45, 7) is 3.10. The van der Waals surface area contributed by atoms with E-state index in [0.717, 1.165) is 6.26 Å². The Hall–Kier alpha value is -2.67. The molecule has 1 aromatic carbocycles. The van der Waals surface area contributed by atoms with E-state index in [1.54, 1.807) is 0 Å². The number of benzene rings is 1. The highest BCUT2D eigenvalue weighted by Gasteiger charge is 2.21. The number of aromatic carboxylic acids is 1. The van der Waals surface area contributed by atoms with Crippen molar-refractivity contribution in [3.05, 3.63) is 48.2 Å². The molecule has 0 fully saturated rings. The summed E-state index contributed by atoms with van der Waals surface area (Å²) >= 11 is 0. The first-order chi connectivity index (χ1) is 8.95. The highest BCUT2D eigenvalue weighted by Crippen LogP contribution is 2.07. The fourth-order valence-corrected chi connectivity index (χ4v) is 1.11. The molecule has 7 nitrogen and oxygen atoms in total. The lowest BCUT2D eigenvalue weighted by molar-refractivity contribution is -0.167. The fraction of sp³-hybridized carbons (Fsp3) is 0.0833. The van der Waals surface area contributed by atoms with Crippen LogP contribution in [0.15, 0.2) is 37.1 Å². The van der Waals surface area contributed by atoms with Crippen LogP contribution in [0.5, 0.6) is 0 Å². The molecule has 1 atom stereocenters. The standard InChI is InChI=1S/C12H10O7/c1-2-18-11(16)12(17)19-10(15)8-5-3-7(4-6-8)9(13)14/h2-6,12,17H,1H2,(H,13,14). The van der Waals surface area contributed by atoms with Gasteiger partial charge in [0.1, 0.15) is 0 Å². The number of ether oxygens (including phenoxy) is 2. The van der Waals surface area contributed by atoms with Gasteiger partial charge >= 0.3 is 24.2 Å². The highest BCUT2D eigenvalue weighted by atomic mass is 16.7. The molecule has 0 aliphatic carbocycles. The molecule has 1 rings (SSSR count). The Kier molecular flexibility index (Phi) is 4.78. The molecule has 19 heavy (non-hydrogen) atoms. The minimum Gasteiger partial charge on any atom is -0.478 e. The Labute approximate surface area is 107 Å². The fourth-order valence-electron chi connectivity index (χ4n) is 1.11. The number of carbonyl (C=O) groups is 3. The number of esters is 2. The lowest BCUT2D eigenvalue weighted by atomic mass is 10.1.